The molecule has 2 saturated heterocycles. The topological polar surface area (TPSA) is 36.9 Å². The third-order valence-electron chi connectivity index (χ3n) is 4.95. The Morgan fingerprint density at radius 1 is 0.700 bits per heavy atom. The molecular formula is C15H29AsO4. The number of hydrogen-bond acceptors (Lipinski definition) is 4. The second kappa shape index (κ2) is 3.91. The maximum absolute atomic E-state index is 6.45. The van der Waals surface area contributed by atoms with Crippen molar-refractivity contribution in [1.82, 2.24) is 0 Å². The van der Waals surface area contributed by atoms with Crippen LogP contribution in [-0.4, -0.2) is 36.2 Å². The minimum atomic E-state index is -4.32. The summed E-state index contributed by atoms with van der Waals surface area (Å²) in [6.07, 6.45) is 1.79. The van der Waals surface area contributed by atoms with Crippen LogP contribution in [0.2, 0.25) is 5.21 Å². The molecular weight excluding hydrogens is 319 g/mol. The van der Waals surface area contributed by atoms with Crippen molar-refractivity contribution in [2.75, 3.05) is 0 Å². The summed E-state index contributed by atoms with van der Waals surface area (Å²) in [7, 11) is 0. The van der Waals surface area contributed by atoms with Crippen molar-refractivity contribution < 1.29 is 14.9 Å². The van der Waals surface area contributed by atoms with E-state index in [4.69, 9.17) is 14.9 Å². The van der Waals surface area contributed by atoms with Gasteiger partial charge in [-0.15, -0.1) is 0 Å². The summed E-state index contributed by atoms with van der Waals surface area (Å²) in [6.45, 7) is 20.1. The van der Waals surface area contributed by atoms with E-state index in [1.807, 2.05) is 55.4 Å². The van der Waals surface area contributed by atoms with E-state index in [0.717, 1.165) is 0 Å². The SMILES string of the molecule is C=CC[As]12(OC(C)(C)C(C)(C)O1)OC(C)(C)C(C)(C)O2. The van der Waals surface area contributed by atoms with Crippen LogP contribution < -0.4 is 0 Å². The van der Waals surface area contributed by atoms with E-state index in [9.17, 15) is 0 Å². The van der Waals surface area contributed by atoms with E-state index in [1.165, 1.54) is 0 Å². The van der Waals surface area contributed by atoms with E-state index >= 15 is 0 Å². The Kier molecular flexibility index (Phi) is 3.23. The van der Waals surface area contributed by atoms with Gasteiger partial charge in [0.2, 0.25) is 0 Å². The summed E-state index contributed by atoms with van der Waals surface area (Å²) in [5.41, 5.74) is -1.90. The van der Waals surface area contributed by atoms with Gasteiger partial charge in [-0.2, -0.15) is 0 Å². The van der Waals surface area contributed by atoms with Gasteiger partial charge in [0.1, 0.15) is 0 Å². The summed E-state index contributed by atoms with van der Waals surface area (Å²) in [4.78, 5) is 0. The van der Waals surface area contributed by atoms with Crippen LogP contribution in [-0.2, 0) is 14.9 Å². The molecule has 2 aliphatic rings. The first kappa shape index (κ1) is 16.5. The second-order valence-electron chi connectivity index (χ2n) is 7.84. The first-order valence-corrected chi connectivity index (χ1v) is 11.6. The first-order chi connectivity index (χ1) is 8.70. The van der Waals surface area contributed by atoms with Gasteiger partial charge >= 0.3 is 124 Å². The molecule has 2 fully saturated rings. The molecule has 1 spiro atoms. The van der Waals surface area contributed by atoms with Crippen molar-refractivity contribution in [3.63, 3.8) is 0 Å². The molecule has 0 atom stereocenters. The Hall–Kier alpha value is 0.138. The summed E-state index contributed by atoms with van der Waals surface area (Å²) < 4.78 is 25.8. The van der Waals surface area contributed by atoms with Crippen LogP contribution in [0.25, 0.3) is 0 Å². The molecule has 0 aromatic carbocycles. The molecule has 0 aromatic rings. The zero-order chi connectivity index (χ0) is 15.7. The van der Waals surface area contributed by atoms with Crippen molar-refractivity contribution in [2.24, 2.45) is 0 Å². The first-order valence-electron chi connectivity index (χ1n) is 7.18. The zero-order valence-corrected chi connectivity index (χ0v) is 15.9. The standard InChI is InChI=1S/C15H29AsO4/c1-10-11-16(17-12(2,3)13(4,5)18-16)19-14(6,7)15(8,9)20-16/h10H,1,11H2,2-9H3. The van der Waals surface area contributed by atoms with Gasteiger partial charge in [0.15, 0.2) is 0 Å². The Morgan fingerprint density at radius 2 is 0.950 bits per heavy atom. The van der Waals surface area contributed by atoms with Crippen molar-refractivity contribution in [3.8, 4) is 0 Å². The molecule has 118 valence electrons. The fourth-order valence-corrected chi connectivity index (χ4v) is 13.9. The van der Waals surface area contributed by atoms with Gasteiger partial charge in [-0.25, -0.2) is 0 Å². The molecule has 20 heavy (non-hydrogen) atoms. The molecule has 0 unspecified atom stereocenters. The van der Waals surface area contributed by atoms with E-state index in [0.29, 0.717) is 5.21 Å². The summed E-state index contributed by atoms with van der Waals surface area (Å²) in [6, 6.07) is 0. The van der Waals surface area contributed by atoms with Crippen molar-refractivity contribution in [1.29, 1.82) is 0 Å². The summed E-state index contributed by atoms with van der Waals surface area (Å²) in [5, 5.41) is 0.484. The third kappa shape index (κ3) is 2.04. The molecule has 2 aliphatic heterocycles. The number of rotatable bonds is 2. The van der Waals surface area contributed by atoms with Gasteiger partial charge in [0, 0.05) is 0 Å². The van der Waals surface area contributed by atoms with E-state index in [1.54, 1.807) is 6.08 Å². The molecule has 0 saturated carbocycles. The Bertz CT molecular complexity index is 375. The molecule has 0 radical (unpaired) electrons. The fraction of sp³-hybridized carbons (Fsp3) is 0.867. The van der Waals surface area contributed by atoms with Crippen LogP contribution in [0.5, 0.6) is 0 Å². The van der Waals surface area contributed by atoms with Crippen molar-refractivity contribution in [3.05, 3.63) is 12.7 Å². The van der Waals surface area contributed by atoms with Crippen molar-refractivity contribution >= 4 is 13.8 Å². The van der Waals surface area contributed by atoms with Crippen LogP contribution in [0.1, 0.15) is 55.4 Å². The average molecular weight is 348 g/mol. The molecule has 0 bridgehead atoms. The molecule has 2 rings (SSSR count). The quantitative estimate of drug-likeness (QED) is 0.562. The van der Waals surface area contributed by atoms with Crippen molar-refractivity contribution in [2.45, 2.75) is 83.0 Å². The Morgan fingerprint density at radius 3 is 1.15 bits per heavy atom. The Labute approximate surface area is 124 Å². The zero-order valence-electron chi connectivity index (χ0n) is 14.1. The average Bonchev–Trinajstić information content (AvgIpc) is 2.34. The van der Waals surface area contributed by atoms with Gasteiger partial charge in [-0.1, -0.05) is 0 Å². The number of allylic oxidation sites excluding steroid dienone is 1. The monoisotopic (exact) mass is 348 g/mol. The molecule has 2 heterocycles. The van der Waals surface area contributed by atoms with E-state index in [2.05, 4.69) is 6.58 Å². The third-order valence-corrected chi connectivity index (χ3v) is 13.5. The maximum atomic E-state index is 6.45. The normalized spacial score (nSPS) is 36.3. The van der Waals surface area contributed by atoms with Gasteiger partial charge < -0.3 is 0 Å². The second-order valence-corrected chi connectivity index (χ2v) is 14.2. The van der Waals surface area contributed by atoms with Crippen LogP contribution >= 0.6 is 0 Å². The molecule has 4 nitrogen and oxygen atoms in total. The van der Waals surface area contributed by atoms with Crippen LogP contribution in [0.4, 0.5) is 0 Å². The van der Waals surface area contributed by atoms with E-state index in [-0.39, 0.29) is 0 Å². The molecule has 0 amide bonds. The Balaban J connectivity index is 2.57. The predicted molar refractivity (Wildman–Crippen MR) is 81.4 cm³/mol. The molecule has 5 heteroatoms. The molecule has 0 N–H and O–H groups in total. The number of hydrogen-bond donors (Lipinski definition) is 0. The van der Waals surface area contributed by atoms with Gasteiger partial charge in [0.25, 0.3) is 0 Å². The van der Waals surface area contributed by atoms with Crippen LogP contribution in [0.15, 0.2) is 12.7 Å². The fourth-order valence-electron chi connectivity index (χ4n) is 2.67. The van der Waals surface area contributed by atoms with Gasteiger partial charge in [0.05, 0.1) is 0 Å². The minimum absolute atomic E-state index is 0.474. The molecule has 0 aliphatic carbocycles. The van der Waals surface area contributed by atoms with E-state index < -0.39 is 36.2 Å². The van der Waals surface area contributed by atoms with Gasteiger partial charge in [-0.3, -0.25) is 0 Å². The predicted octanol–water partition coefficient (Wildman–Crippen LogP) is 3.77. The molecule has 0 aromatic heterocycles. The van der Waals surface area contributed by atoms with Crippen LogP contribution in [0, 0.1) is 0 Å². The summed E-state index contributed by atoms with van der Waals surface area (Å²) in [5.74, 6) is 0. The van der Waals surface area contributed by atoms with Gasteiger partial charge in [-0.05, 0) is 0 Å². The summed E-state index contributed by atoms with van der Waals surface area (Å²) >= 11 is -4.32. The van der Waals surface area contributed by atoms with Crippen LogP contribution in [0.3, 0.4) is 0 Å².